The second kappa shape index (κ2) is 4.17. The maximum absolute atomic E-state index is 8.97. The van der Waals surface area contributed by atoms with E-state index in [1.165, 1.54) is 12.8 Å². The van der Waals surface area contributed by atoms with Crippen LogP contribution in [0.1, 0.15) is 18.4 Å². The zero-order valence-electron chi connectivity index (χ0n) is 9.36. The summed E-state index contributed by atoms with van der Waals surface area (Å²) in [5, 5.41) is 12.8. The van der Waals surface area contributed by atoms with Gasteiger partial charge in [0.15, 0.2) is 0 Å². The predicted molar refractivity (Wildman–Crippen MR) is 66.1 cm³/mol. The van der Waals surface area contributed by atoms with Gasteiger partial charge in [-0.05, 0) is 18.9 Å². The van der Waals surface area contributed by atoms with Crippen LogP contribution in [0.25, 0.3) is 0 Å². The number of piperazine rings is 1. The molecule has 0 radical (unpaired) electrons. The van der Waals surface area contributed by atoms with Crippen molar-refractivity contribution in [1.82, 2.24) is 10.3 Å². The van der Waals surface area contributed by atoms with Gasteiger partial charge in [0.1, 0.15) is 11.2 Å². The number of hydrogen-bond donors (Lipinski definition) is 1. The molecule has 4 nitrogen and oxygen atoms in total. The van der Waals surface area contributed by atoms with Crippen LogP contribution in [-0.4, -0.2) is 30.2 Å². The third kappa shape index (κ3) is 1.86. The number of nitrogens with zero attached hydrogens (tertiary/aromatic N) is 3. The summed E-state index contributed by atoms with van der Waals surface area (Å²) in [5.41, 5.74) is 1.47. The highest BCUT2D eigenvalue weighted by Crippen LogP contribution is 2.29. The molecule has 1 N–H and O–H groups in total. The van der Waals surface area contributed by atoms with Gasteiger partial charge in [-0.3, -0.25) is 0 Å². The molecule has 0 aliphatic carbocycles. The van der Waals surface area contributed by atoms with Gasteiger partial charge in [0.05, 0.1) is 17.4 Å². The average Bonchev–Trinajstić information content (AvgIpc) is 2.40. The minimum Gasteiger partial charge on any atom is -0.364 e. The van der Waals surface area contributed by atoms with Gasteiger partial charge in [0, 0.05) is 25.2 Å². The van der Waals surface area contributed by atoms with Crippen LogP contribution in [0, 0.1) is 11.3 Å². The Balaban J connectivity index is 1.92. The molecule has 3 fully saturated rings. The van der Waals surface area contributed by atoms with Crippen molar-refractivity contribution in [2.24, 2.45) is 0 Å². The largest absolute Gasteiger partial charge is 0.364 e. The molecule has 4 heterocycles. The second-order valence-corrected chi connectivity index (χ2v) is 4.99. The Hall–Kier alpha value is -1.31. The van der Waals surface area contributed by atoms with Crippen LogP contribution in [0.15, 0.2) is 12.3 Å². The molecule has 1 aromatic rings. The van der Waals surface area contributed by atoms with E-state index < -0.39 is 0 Å². The molecule has 2 bridgehead atoms. The lowest BCUT2D eigenvalue weighted by molar-refractivity contribution is 0.290. The molecule has 0 unspecified atom stereocenters. The first-order valence-electron chi connectivity index (χ1n) is 5.83. The number of hydrogen-bond acceptors (Lipinski definition) is 4. The van der Waals surface area contributed by atoms with E-state index >= 15 is 0 Å². The predicted octanol–water partition coefficient (Wildman–Crippen LogP) is 1.55. The highest BCUT2D eigenvalue weighted by atomic mass is 35.5. The standard InChI is InChI=1S/C12H13ClN4/c13-12-8(4-14)3-11(6-16-12)17-7-9-1-2-10(17)5-15-9/h3,6,9-10,15H,1-2,5,7H2/t9-,10-/m1/s1. The van der Waals surface area contributed by atoms with Gasteiger partial charge in [-0.1, -0.05) is 11.6 Å². The van der Waals surface area contributed by atoms with Gasteiger partial charge in [0.2, 0.25) is 0 Å². The Morgan fingerprint density at radius 3 is 3.00 bits per heavy atom. The lowest BCUT2D eigenvalue weighted by atomic mass is 9.92. The highest BCUT2D eigenvalue weighted by Gasteiger charge is 2.33. The summed E-state index contributed by atoms with van der Waals surface area (Å²) in [7, 11) is 0. The zero-order chi connectivity index (χ0) is 11.8. The fraction of sp³-hybridized carbons (Fsp3) is 0.500. The van der Waals surface area contributed by atoms with E-state index in [-0.39, 0.29) is 5.15 Å². The van der Waals surface area contributed by atoms with Crippen molar-refractivity contribution >= 4 is 17.3 Å². The second-order valence-electron chi connectivity index (χ2n) is 4.63. The van der Waals surface area contributed by atoms with Crippen LogP contribution in [0.5, 0.6) is 0 Å². The Morgan fingerprint density at radius 2 is 2.41 bits per heavy atom. The quantitative estimate of drug-likeness (QED) is 0.767. The third-order valence-corrected chi connectivity index (χ3v) is 3.93. The van der Waals surface area contributed by atoms with Crippen molar-refractivity contribution in [2.45, 2.75) is 24.9 Å². The Morgan fingerprint density at radius 1 is 1.53 bits per heavy atom. The smallest absolute Gasteiger partial charge is 0.146 e. The maximum Gasteiger partial charge on any atom is 0.146 e. The molecule has 17 heavy (non-hydrogen) atoms. The first-order chi connectivity index (χ1) is 8.28. The van der Waals surface area contributed by atoms with Gasteiger partial charge < -0.3 is 10.2 Å². The summed E-state index contributed by atoms with van der Waals surface area (Å²) in [6.45, 7) is 2.02. The number of pyridine rings is 1. The summed E-state index contributed by atoms with van der Waals surface area (Å²) in [6.07, 6.45) is 4.22. The molecule has 3 aliphatic heterocycles. The van der Waals surface area contributed by atoms with E-state index in [0.717, 1.165) is 18.8 Å². The number of piperidine rings is 2. The number of fused-ring (bicyclic) bond motifs is 3. The molecule has 1 aromatic heterocycles. The summed E-state index contributed by atoms with van der Waals surface area (Å²) in [6, 6.07) is 5.02. The minimum atomic E-state index is 0.288. The van der Waals surface area contributed by atoms with E-state index in [0.29, 0.717) is 17.6 Å². The molecule has 88 valence electrons. The van der Waals surface area contributed by atoms with Crippen LogP contribution < -0.4 is 10.2 Å². The molecule has 0 amide bonds. The summed E-state index contributed by atoms with van der Waals surface area (Å²) < 4.78 is 0. The molecule has 3 saturated heterocycles. The van der Waals surface area contributed by atoms with E-state index in [1.54, 1.807) is 6.20 Å². The van der Waals surface area contributed by atoms with Crippen molar-refractivity contribution in [3.05, 3.63) is 23.0 Å². The van der Waals surface area contributed by atoms with Crippen molar-refractivity contribution in [3.8, 4) is 6.07 Å². The number of nitrogens with one attached hydrogen (secondary N) is 1. The van der Waals surface area contributed by atoms with E-state index in [2.05, 4.69) is 21.3 Å². The van der Waals surface area contributed by atoms with E-state index in [1.807, 2.05) is 6.07 Å². The van der Waals surface area contributed by atoms with Gasteiger partial charge in [-0.2, -0.15) is 5.26 Å². The number of anilines is 1. The molecular weight excluding hydrogens is 236 g/mol. The van der Waals surface area contributed by atoms with Crippen LogP contribution in [0.4, 0.5) is 5.69 Å². The molecule has 5 heteroatoms. The molecular formula is C12H13ClN4. The minimum absolute atomic E-state index is 0.288. The molecule has 0 spiro atoms. The van der Waals surface area contributed by atoms with Gasteiger partial charge in [-0.15, -0.1) is 0 Å². The van der Waals surface area contributed by atoms with Crippen molar-refractivity contribution in [3.63, 3.8) is 0 Å². The van der Waals surface area contributed by atoms with Gasteiger partial charge >= 0.3 is 0 Å². The van der Waals surface area contributed by atoms with Crippen LogP contribution in [-0.2, 0) is 0 Å². The van der Waals surface area contributed by atoms with Crippen LogP contribution >= 0.6 is 11.6 Å². The van der Waals surface area contributed by atoms with E-state index in [4.69, 9.17) is 16.9 Å². The summed E-state index contributed by atoms with van der Waals surface area (Å²) in [4.78, 5) is 6.43. The number of aromatic nitrogens is 1. The molecule has 3 aliphatic rings. The molecule has 4 rings (SSSR count). The fourth-order valence-corrected chi connectivity index (χ4v) is 2.84. The summed E-state index contributed by atoms with van der Waals surface area (Å²) in [5.74, 6) is 0. The Kier molecular flexibility index (Phi) is 2.65. The highest BCUT2D eigenvalue weighted by molar-refractivity contribution is 6.30. The normalized spacial score (nSPS) is 26.9. The number of halogens is 1. The Bertz CT molecular complexity index is 474. The van der Waals surface area contributed by atoms with Gasteiger partial charge in [-0.25, -0.2) is 4.98 Å². The lowest BCUT2D eigenvalue weighted by Crippen LogP contribution is -2.61. The van der Waals surface area contributed by atoms with E-state index in [9.17, 15) is 0 Å². The van der Waals surface area contributed by atoms with Crippen molar-refractivity contribution < 1.29 is 0 Å². The topological polar surface area (TPSA) is 52.0 Å². The number of nitriles is 1. The maximum atomic E-state index is 8.97. The number of rotatable bonds is 1. The average molecular weight is 249 g/mol. The monoisotopic (exact) mass is 248 g/mol. The van der Waals surface area contributed by atoms with Crippen molar-refractivity contribution in [2.75, 3.05) is 18.0 Å². The van der Waals surface area contributed by atoms with Crippen LogP contribution in [0.2, 0.25) is 5.15 Å². The Labute approximate surface area is 105 Å². The van der Waals surface area contributed by atoms with Crippen molar-refractivity contribution in [1.29, 1.82) is 5.26 Å². The first kappa shape index (κ1) is 10.8. The molecule has 2 atom stereocenters. The zero-order valence-corrected chi connectivity index (χ0v) is 10.1. The fourth-order valence-electron chi connectivity index (χ4n) is 2.70. The van der Waals surface area contributed by atoms with Crippen LogP contribution in [0.3, 0.4) is 0 Å². The van der Waals surface area contributed by atoms with Gasteiger partial charge in [0.25, 0.3) is 0 Å². The third-order valence-electron chi connectivity index (χ3n) is 3.63. The summed E-state index contributed by atoms with van der Waals surface area (Å²) >= 11 is 5.85. The molecule has 0 aromatic carbocycles. The SMILES string of the molecule is N#Cc1cc(N2C[C@H]3CC[C@@H]2CN3)cnc1Cl. The first-order valence-corrected chi connectivity index (χ1v) is 6.21. The molecule has 0 saturated carbocycles. The lowest BCUT2D eigenvalue weighted by Gasteiger charge is -2.47.